The Morgan fingerprint density at radius 1 is 0.926 bits per heavy atom. The molecule has 0 aliphatic carbocycles. The molecule has 2 unspecified atom stereocenters. The molecule has 1 N–H and O–H groups in total. The molecule has 27 heavy (non-hydrogen) atoms. The van der Waals surface area contributed by atoms with Crippen LogP contribution >= 0.6 is 0 Å². The quantitative estimate of drug-likeness (QED) is 0.216. The third-order valence-corrected chi connectivity index (χ3v) is 5.45. The second-order valence-electron chi connectivity index (χ2n) is 7.96. The number of rotatable bonds is 18. The van der Waals surface area contributed by atoms with E-state index in [2.05, 4.69) is 6.92 Å². The Bertz CT molecular complexity index is 396. The van der Waals surface area contributed by atoms with Crippen molar-refractivity contribution in [3.05, 3.63) is 0 Å². The zero-order chi connectivity index (χ0) is 19.7. The molecule has 1 aliphatic rings. The fraction of sp³-hybridized carbons (Fsp3) is 0.909. The molecule has 1 saturated heterocycles. The molecule has 1 aliphatic heterocycles. The van der Waals surface area contributed by atoms with E-state index in [1.807, 2.05) is 0 Å². The van der Waals surface area contributed by atoms with E-state index >= 15 is 0 Å². The number of unbranched alkanes of at least 4 members (excludes halogenated alkanes) is 13. The number of carbonyl (C=O) groups is 2. The van der Waals surface area contributed by atoms with Crippen molar-refractivity contribution >= 4 is 12.1 Å². The van der Waals surface area contributed by atoms with Crippen LogP contribution in [0, 0.1) is 5.92 Å². The average molecular weight is 385 g/mol. The summed E-state index contributed by atoms with van der Waals surface area (Å²) in [6.45, 7) is 2.44. The summed E-state index contributed by atoms with van der Waals surface area (Å²) in [6, 6.07) is 0. The number of aliphatic carboxylic acids is 1. The molecule has 0 aromatic heterocycles. The molecule has 1 fully saturated rings. The highest BCUT2D eigenvalue weighted by Crippen LogP contribution is 2.22. The summed E-state index contributed by atoms with van der Waals surface area (Å²) in [4.78, 5) is 22.3. The van der Waals surface area contributed by atoms with E-state index in [9.17, 15) is 14.7 Å². The van der Waals surface area contributed by atoms with Crippen LogP contribution in [0.15, 0.2) is 0 Å². The van der Waals surface area contributed by atoms with Gasteiger partial charge < -0.3 is 14.6 Å². The molecule has 0 aromatic carbocycles. The second-order valence-corrected chi connectivity index (χ2v) is 7.96. The molecule has 0 saturated carbocycles. The van der Waals surface area contributed by atoms with E-state index in [0.29, 0.717) is 12.8 Å². The molecule has 0 aromatic rings. The summed E-state index contributed by atoms with van der Waals surface area (Å²) in [5.41, 5.74) is 0. The maximum Gasteiger partial charge on any atom is 0.508 e. The Morgan fingerprint density at radius 2 is 1.41 bits per heavy atom. The van der Waals surface area contributed by atoms with Gasteiger partial charge in [0.25, 0.3) is 0 Å². The lowest BCUT2D eigenvalue weighted by Gasteiger charge is -2.14. The minimum atomic E-state index is -0.798. The van der Waals surface area contributed by atoms with Crippen LogP contribution in [0.4, 0.5) is 4.79 Å². The molecule has 0 radical (unpaired) electrons. The number of hydrogen-bond acceptors (Lipinski definition) is 4. The van der Waals surface area contributed by atoms with Gasteiger partial charge in [-0.2, -0.15) is 0 Å². The smallest absolute Gasteiger partial charge is 0.481 e. The minimum Gasteiger partial charge on any atom is -0.481 e. The van der Waals surface area contributed by atoms with Crippen molar-refractivity contribution in [1.29, 1.82) is 0 Å². The number of cyclic esters (lactones) is 2. The molecule has 0 spiro atoms. The van der Waals surface area contributed by atoms with Gasteiger partial charge in [0.1, 0.15) is 12.7 Å². The number of carboxylic acids is 1. The van der Waals surface area contributed by atoms with E-state index in [1.165, 1.54) is 77.0 Å². The maximum atomic E-state index is 11.4. The first-order valence-electron chi connectivity index (χ1n) is 11.2. The average Bonchev–Trinajstić information content (AvgIpc) is 3.05. The molecular weight excluding hydrogens is 344 g/mol. The van der Waals surface area contributed by atoms with Crippen molar-refractivity contribution in [1.82, 2.24) is 0 Å². The van der Waals surface area contributed by atoms with E-state index in [1.54, 1.807) is 0 Å². The molecule has 2 atom stereocenters. The third kappa shape index (κ3) is 12.7. The van der Waals surface area contributed by atoms with Crippen LogP contribution in [0.1, 0.15) is 110 Å². The molecule has 5 nitrogen and oxygen atoms in total. The largest absolute Gasteiger partial charge is 0.508 e. The molecule has 1 heterocycles. The molecule has 0 amide bonds. The maximum absolute atomic E-state index is 11.4. The van der Waals surface area contributed by atoms with Gasteiger partial charge in [0.05, 0.1) is 5.92 Å². The number of ether oxygens (including phenoxy) is 2. The molecular formula is C22H40O5. The third-order valence-electron chi connectivity index (χ3n) is 5.45. The highest BCUT2D eigenvalue weighted by molar-refractivity contribution is 5.70. The van der Waals surface area contributed by atoms with E-state index in [0.717, 1.165) is 12.8 Å². The predicted octanol–water partition coefficient (Wildman–Crippen LogP) is 6.48. The van der Waals surface area contributed by atoms with Crippen molar-refractivity contribution in [3.8, 4) is 0 Å². The summed E-state index contributed by atoms with van der Waals surface area (Å²) >= 11 is 0. The van der Waals surface area contributed by atoms with E-state index < -0.39 is 24.1 Å². The fourth-order valence-corrected chi connectivity index (χ4v) is 3.73. The number of hydrogen-bond donors (Lipinski definition) is 1. The fourth-order valence-electron chi connectivity index (χ4n) is 3.73. The zero-order valence-electron chi connectivity index (χ0n) is 17.3. The second kappa shape index (κ2) is 15.8. The highest BCUT2D eigenvalue weighted by atomic mass is 16.8. The molecule has 0 bridgehead atoms. The summed E-state index contributed by atoms with van der Waals surface area (Å²) < 4.78 is 9.66. The van der Waals surface area contributed by atoms with Crippen molar-refractivity contribution in [3.63, 3.8) is 0 Å². The van der Waals surface area contributed by atoms with Gasteiger partial charge >= 0.3 is 12.1 Å². The van der Waals surface area contributed by atoms with Gasteiger partial charge in [-0.15, -0.1) is 0 Å². The van der Waals surface area contributed by atoms with Gasteiger partial charge in [0, 0.05) is 6.42 Å². The SMILES string of the molecule is CCCCCCCCCCCCCCCCC(CC1COC(=O)O1)C(=O)O. The zero-order valence-corrected chi connectivity index (χ0v) is 17.3. The van der Waals surface area contributed by atoms with Gasteiger partial charge in [0.15, 0.2) is 0 Å². The van der Waals surface area contributed by atoms with E-state index in [4.69, 9.17) is 9.47 Å². The molecule has 5 heteroatoms. The summed E-state index contributed by atoms with van der Waals surface area (Å²) in [7, 11) is 0. The Morgan fingerprint density at radius 3 is 1.81 bits per heavy atom. The van der Waals surface area contributed by atoms with Crippen molar-refractivity contribution < 1.29 is 24.2 Å². The first-order valence-corrected chi connectivity index (χ1v) is 11.2. The van der Waals surface area contributed by atoms with Crippen LogP contribution in [-0.2, 0) is 14.3 Å². The first kappa shape index (κ1) is 23.8. The Balaban J connectivity index is 1.89. The van der Waals surface area contributed by atoms with Gasteiger partial charge in [-0.3, -0.25) is 4.79 Å². The van der Waals surface area contributed by atoms with Crippen LogP contribution in [-0.4, -0.2) is 29.9 Å². The van der Waals surface area contributed by atoms with Crippen LogP contribution in [0.2, 0.25) is 0 Å². The lowest BCUT2D eigenvalue weighted by atomic mass is 9.94. The Kier molecular flexibility index (Phi) is 13.9. The van der Waals surface area contributed by atoms with Gasteiger partial charge in [-0.25, -0.2) is 4.79 Å². The van der Waals surface area contributed by atoms with Gasteiger partial charge in [0.2, 0.25) is 0 Å². The van der Waals surface area contributed by atoms with Gasteiger partial charge in [-0.05, 0) is 6.42 Å². The van der Waals surface area contributed by atoms with Crippen molar-refractivity contribution in [2.45, 2.75) is 116 Å². The van der Waals surface area contributed by atoms with Crippen LogP contribution < -0.4 is 0 Å². The van der Waals surface area contributed by atoms with Crippen molar-refractivity contribution in [2.24, 2.45) is 5.92 Å². The van der Waals surface area contributed by atoms with Crippen LogP contribution in [0.3, 0.4) is 0 Å². The van der Waals surface area contributed by atoms with Crippen LogP contribution in [0.5, 0.6) is 0 Å². The Hall–Kier alpha value is -1.26. The van der Waals surface area contributed by atoms with Crippen molar-refractivity contribution in [2.75, 3.05) is 6.61 Å². The lowest BCUT2D eigenvalue weighted by molar-refractivity contribution is -0.143. The lowest BCUT2D eigenvalue weighted by Crippen LogP contribution is -2.22. The number of carboxylic acid groups (broad SMARTS) is 1. The summed E-state index contributed by atoms with van der Waals surface area (Å²) in [5, 5.41) is 9.32. The van der Waals surface area contributed by atoms with E-state index in [-0.39, 0.29) is 6.61 Å². The monoisotopic (exact) mass is 384 g/mol. The number of carbonyl (C=O) groups excluding carboxylic acids is 1. The normalized spacial score (nSPS) is 17.5. The molecule has 1 rings (SSSR count). The van der Waals surface area contributed by atoms with Crippen LogP contribution in [0.25, 0.3) is 0 Å². The standard InChI is InChI=1S/C22H40O5/c1-2-3-4-5-6-7-8-9-10-11-12-13-14-15-16-19(21(23)24)17-20-18-26-22(25)27-20/h19-20H,2-18H2,1H3,(H,23,24). The Labute approximate surface area is 165 Å². The predicted molar refractivity (Wildman–Crippen MR) is 107 cm³/mol. The first-order chi connectivity index (χ1) is 13.1. The summed E-state index contributed by atoms with van der Waals surface area (Å²) in [5.74, 6) is -1.24. The minimum absolute atomic E-state index is 0.182. The summed E-state index contributed by atoms with van der Waals surface area (Å²) in [6.07, 6.45) is 18.1. The van der Waals surface area contributed by atoms with Gasteiger partial charge in [-0.1, -0.05) is 96.8 Å². The molecule has 158 valence electrons. The highest BCUT2D eigenvalue weighted by Gasteiger charge is 2.30. The topological polar surface area (TPSA) is 72.8 Å².